The van der Waals surface area contributed by atoms with E-state index in [1.807, 2.05) is 75.4 Å². The lowest BCUT2D eigenvalue weighted by Crippen LogP contribution is -2.53. The molecule has 0 heterocycles. The molecule has 0 aliphatic rings. The molecule has 0 radical (unpaired) electrons. The van der Waals surface area contributed by atoms with Crippen molar-refractivity contribution in [3.63, 3.8) is 0 Å². The zero-order chi connectivity index (χ0) is 34.1. The van der Waals surface area contributed by atoms with E-state index in [0.29, 0.717) is 12.3 Å². The highest BCUT2D eigenvalue weighted by Crippen LogP contribution is 2.32. The van der Waals surface area contributed by atoms with E-state index in [0.717, 1.165) is 25.5 Å². The summed E-state index contributed by atoms with van der Waals surface area (Å²) in [6.07, 6.45) is 0.226. The fraction of sp³-hybridized carbons (Fsp3) is 0.278. The zero-order valence-corrected chi connectivity index (χ0v) is 30.0. The zero-order valence-electron chi connectivity index (χ0n) is 26.8. The Bertz CT molecular complexity index is 1790. The van der Waals surface area contributed by atoms with Crippen molar-refractivity contribution in [3.05, 3.63) is 123 Å². The average molecular weight is 741 g/mol. The number of hydrogen-bond acceptors (Lipinski definition) is 5. The number of nitrogens with one attached hydrogen (secondary N) is 1. The van der Waals surface area contributed by atoms with E-state index in [1.54, 1.807) is 24.3 Å². The van der Waals surface area contributed by atoms with Crippen LogP contribution in [-0.2, 0) is 32.6 Å². The molecule has 11 heteroatoms. The largest absolute Gasteiger partial charge is 0.495 e. The Labute approximate surface area is 290 Å². The summed E-state index contributed by atoms with van der Waals surface area (Å²) in [5.41, 5.74) is 2.68. The number of sulfonamides is 1. The van der Waals surface area contributed by atoms with Gasteiger partial charge in [-0.1, -0.05) is 102 Å². The molecule has 248 valence electrons. The molecular formula is C36H39BrClN3O5S. The Balaban J connectivity index is 1.82. The lowest BCUT2D eigenvalue weighted by molar-refractivity contribution is -0.140. The molecule has 2 amide bonds. The monoisotopic (exact) mass is 739 g/mol. The van der Waals surface area contributed by atoms with Crippen LogP contribution in [0.15, 0.2) is 106 Å². The van der Waals surface area contributed by atoms with Gasteiger partial charge in [-0.15, -0.1) is 0 Å². The van der Waals surface area contributed by atoms with Gasteiger partial charge in [0.2, 0.25) is 11.8 Å². The first-order valence-corrected chi connectivity index (χ1v) is 17.8. The van der Waals surface area contributed by atoms with Crippen LogP contribution in [0, 0.1) is 12.8 Å². The highest BCUT2D eigenvalue weighted by atomic mass is 79.9. The van der Waals surface area contributed by atoms with Gasteiger partial charge in [-0.05, 0) is 66.4 Å². The summed E-state index contributed by atoms with van der Waals surface area (Å²) in [6, 6.07) is 26.9. The third-order valence-corrected chi connectivity index (χ3v) is 10.1. The van der Waals surface area contributed by atoms with Gasteiger partial charge in [0.05, 0.1) is 22.7 Å². The van der Waals surface area contributed by atoms with Crippen LogP contribution in [0.2, 0.25) is 5.02 Å². The van der Waals surface area contributed by atoms with Crippen molar-refractivity contribution in [1.29, 1.82) is 0 Å². The van der Waals surface area contributed by atoms with Gasteiger partial charge in [-0.3, -0.25) is 13.9 Å². The second-order valence-corrected chi connectivity index (χ2v) is 14.8. The minimum Gasteiger partial charge on any atom is -0.495 e. The molecule has 0 saturated carbocycles. The number of anilines is 1. The summed E-state index contributed by atoms with van der Waals surface area (Å²) in [5.74, 6) is -0.351. The van der Waals surface area contributed by atoms with E-state index >= 15 is 0 Å². The molecule has 0 aromatic heterocycles. The number of aryl methyl sites for hydroxylation is 1. The van der Waals surface area contributed by atoms with Crippen molar-refractivity contribution in [2.75, 3.05) is 24.5 Å². The van der Waals surface area contributed by atoms with Gasteiger partial charge in [-0.2, -0.15) is 0 Å². The molecule has 1 atom stereocenters. The Morgan fingerprint density at radius 2 is 1.60 bits per heavy atom. The van der Waals surface area contributed by atoms with Crippen LogP contribution in [0.4, 0.5) is 5.69 Å². The molecule has 0 aliphatic heterocycles. The molecule has 4 rings (SSSR count). The van der Waals surface area contributed by atoms with E-state index in [1.165, 1.54) is 30.2 Å². The number of benzene rings is 4. The molecule has 4 aromatic carbocycles. The molecule has 0 saturated heterocycles. The van der Waals surface area contributed by atoms with E-state index in [4.69, 9.17) is 16.3 Å². The maximum Gasteiger partial charge on any atom is 0.264 e. The topological polar surface area (TPSA) is 96.0 Å². The first-order valence-electron chi connectivity index (χ1n) is 15.2. The molecule has 0 bridgehead atoms. The average Bonchev–Trinajstić information content (AvgIpc) is 3.04. The van der Waals surface area contributed by atoms with Crippen molar-refractivity contribution in [2.24, 2.45) is 5.92 Å². The minimum absolute atomic E-state index is 0.0110. The number of rotatable bonds is 14. The number of carbonyl (C=O) groups is 2. The van der Waals surface area contributed by atoms with Crippen LogP contribution in [0.3, 0.4) is 0 Å². The second kappa shape index (κ2) is 16.3. The molecule has 0 fully saturated rings. The van der Waals surface area contributed by atoms with Gasteiger partial charge in [0.15, 0.2) is 0 Å². The maximum atomic E-state index is 14.6. The normalized spacial score (nSPS) is 12.0. The van der Waals surface area contributed by atoms with Gasteiger partial charge >= 0.3 is 0 Å². The number of amides is 2. The minimum atomic E-state index is -4.26. The first kappa shape index (κ1) is 36.0. The van der Waals surface area contributed by atoms with Gasteiger partial charge in [0.25, 0.3) is 10.0 Å². The summed E-state index contributed by atoms with van der Waals surface area (Å²) in [7, 11) is -2.80. The molecule has 47 heavy (non-hydrogen) atoms. The molecule has 0 spiro atoms. The van der Waals surface area contributed by atoms with Crippen molar-refractivity contribution < 1.29 is 22.7 Å². The summed E-state index contributed by atoms with van der Waals surface area (Å²) < 4.78 is 35.6. The quantitative estimate of drug-likeness (QED) is 0.150. The lowest BCUT2D eigenvalue weighted by Gasteiger charge is -2.34. The van der Waals surface area contributed by atoms with Crippen LogP contribution >= 0.6 is 27.5 Å². The van der Waals surface area contributed by atoms with Crippen LogP contribution in [0.5, 0.6) is 5.75 Å². The van der Waals surface area contributed by atoms with E-state index in [9.17, 15) is 18.0 Å². The van der Waals surface area contributed by atoms with Crippen LogP contribution < -0.4 is 14.4 Å². The van der Waals surface area contributed by atoms with Gasteiger partial charge in [0, 0.05) is 24.0 Å². The number of methoxy groups -OCH3 is 1. The molecule has 1 N–H and O–H groups in total. The van der Waals surface area contributed by atoms with Gasteiger partial charge in [0.1, 0.15) is 18.3 Å². The van der Waals surface area contributed by atoms with Crippen molar-refractivity contribution in [1.82, 2.24) is 10.2 Å². The Kier molecular flexibility index (Phi) is 12.5. The van der Waals surface area contributed by atoms with Crippen LogP contribution in [-0.4, -0.2) is 51.4 Å². The lowest BCUT2D eigenvalue weighted by atomic mass is 10.0. The maximum absolute atomic E-state index is 14.6. The molecule has 0 aliphatic carbocycles. The number of nitrogens with zero attached hydrogens (tertiary/aromatic N) is 2. The fourth-order valence-electron chi connectivity index (χ4n) is 4.99. The Morgan fingerprint density at radius 1 is 0.915 bits per heavy atom. The number of carbonyl (C=O) groups excluding carboxylic acids is 2. The smallest absolute Gasteiger partial charge is 0.264 e. The molecule has 8 nitrogen and oxygen atoms in total. The molecule has 4 aromatic rings. The SMILES string of the molecule is COc1ccc(N(CC(=O)N(Cc2cccc(Br)c2)C(Cc2ccccc2)C(=O)NCC(C)C)S(=O)(=O)c2ccc(C)cc2)cc1Cl. The summed E-state index contributed by atoms with van der Waals surface area (Å²) in [6.45, 7) is 5.73. The third-order valence-electron chi connectivity index (χ3n) is 7.51. The van der Waals surface area contributed by atoms with Crippen molar-refractivity contribution >= 4 is 55.1 Å². The van der Waals surface area contributed by atoms with Gasteiger partial charge < -0.3 is 15.0 Å². The number of ether oxygens (including phenoxy) is 1. The van der Waals surface area contributed by atoms with E-state index < -0.39 is 28.5 Å². The highest BCUT2D eigenvalue weighted by molar-refractivity contribution is 9.10. The molecule has 1 unspecified atom stereocenters. The highest BCUT2D eigenvalue weighted by Gasteiger charge is 2.35. The predicted octanol–water partition coefficient (Wildman–Crippen LogP) is 7.03. The van der Waals surface area contributed by atoms with Crippen molar-refractivity contribution in [2.45, 2.75) is 44.7 Å². The van der Waals surface area contributed by atoms with E-state index in [-0.39, 0.29) is 40.4 Å². The Hall–Kier alpha value is -3.86. The van der Waals surface area contributed by atoms with Crippen LogP contribution in [0.25, 0.3) is 0 Å². The third kappa shape index (κ3) is 9.59. The van der Waals surface area contributed by atoms with Crippen molar-refractivity contribution in [3.8, 4) is 5.75 Å². The summed E-state index contributed by atoms with van der Waals surface area (Å²) >= 11 is 9.96. The summed E-state index contributed by atoms with van der Waals surface area (Å²) in [5, 5.41) is 3.18. The predicted molar refractivity (Wildman–Crippen MR) is 190 cm³/mol. The summed E-state index contributed by atoms with van der Waals surface area (Å²) in [4.78, 5) is 30.0. The number of hydrogen-bond donors (Lipinski definition) is 1. The van der Waals surface area contributed by atoms with E-state index in [2.05, 4.69) is 21.2 Å². The molecular weight excluding hydrogens is 702 g/mol. The van der Waals surface area contributed by atoms with Crippen LogP contribution in [0.1, 0.15) is 30.5 Å². The first-order chi connectivity index (χ1) is 22.4. The Morgan fingerprint density at radius 3 is 2.21 bits per heavy atom. The number of halogens is 2. The second-order valence-electron chi connectivity index (χ2n) is 11.6. The van der Waals surface area contributed by atoms with Gasteiger partial charge in [-0.25, -0.2) is 8.42 Å². The fourth-order valence-corrected chi connectivity index (χ4v) is 7.09. The standard InChI is InChI=1S/C36H39BrClN3O5S/c1-25(2)22-39-36(43)33(20-27-9-6-5-7-10-27)40(23-28-11-8-12-29(37)19-28)35(42)24-41(30-15-18-34(46-4)32(38)21-30)47(44,45)31-16-13-26(3)14-17-31/h5-19,21,25,33H,20,22-24H2,1-4H3,(H,39,43).